The first kappa shape index (κ1) is 15.5. The fourth-order valence-corrected chi connectivity index (χ4v) is 2.58. The van der Waals surface area contributed by atoms with Gasteiger partial charge >= 0.3 is 0 Å². The van der Waals surface area contributed by atoms with E-state index in [1.165, 1.54) is 4.88 Å². The molecule has 0 saturated heterocycles. The van der Waals surface area contributed by atoms with Crippen LogP contribution in [0.15, 0.2) is 12.1 Å². The summed E-state index contributed by atoms with van der Waals surface area (Å²) >= 11 is 1.68. The predicted octanol–water partition coefficient (Wildman–Crippen LogP) is 3.72. The van der Waals surface area contributed by atoms with Gasteiger partial charge in [0.1, 0.15) is 6.61 Å². The Morgan fingerprint density at radius 2 is 2.00 bits per heavy atom. The van der Waals surface area contributed by atoms with Crippen LogP contribution in [0.5, 0.6) is 0 Å². The van der Waals surface area contributed by atoms with Crippen molar-refractivity contribution in [3.63, 3.8) is 0 Å². The van der Waals surface area contributed by atoms with Crippen LogP contribution in [0.3, 0.4) is 0 Å². The van der Waals surface area contributed by atoms with Gasteiger partial charge in [0.05, 0.1) is 0 Å². The third kappa shape index (κ3) is 5.00. The molecule has 1 unspecified atom stereocenters. The van der Waals surface area contributed by atoms with Crippen LogP contribution in [0.4, 0.5) is 8.78 Å². The van der Waals surface area contributed by atoms with Crippen molar-refractivity contribution in [3.8, 4) is 0 Å². The van der Waals surface area contributed by atoms with Gasteiger partial charge in [-0.25, -0.2) is 8.78 Å². The molecule has 18 heavy (non-hydrogen) atoms. The van der Waals surface area contributed by atoms with Crippen molar-refractivity contribution in [2.24, 2.45) is 5.73 Å². The summed E-state index contributed by atoms with van der Waals surface area (Å²) < 4.78 is 28.6. The minimum atomic E-state index is -2.41. The van der Waals surface area contributed by atoms with E-state index < -0.39 is 13.0 Å². The number of nitrogens with two attached hydrogens (primary N) is 1. The molecule has 1 rings (SSSR count). The van der Waals surface area contributed by atoms with E-state index in [4.69, 9.17) is 10.5 Å². The van der Waals surface area contributed by atoms with Crippen molar-refractivity contribution < 1.29 is 13.5 Å². The Hall–Kier alpha value is -0.520. The Bertz CT molecular complexity index is 360. The lowest BCUT2D eigenvalue weighted by atomic mass is 9.95. The SMILES string of the molecule is CC(C)(C)c1ccc(C(N)CCOCC(F)F)s1. The molecule has 0 saturated carbocycles. The predicted molar refractivity (Wildman–Crippen MR) is 71.4 cm³/mol. The van der Waals surface area contributed by atoms with E-state index >= 15 is 0 Å². The minimum Gasteiger partial charge on any atom is -0.375 e. The zero-order valence-electron chi connectivity index (χ0n) is 11.1. The summed E-state index contributed by atoms with van der Waals surface area (Å²) in [7, 11) is 0. The van der Waals surface area contributed by atoms with Crippen LogP contribution in [0, 0.1) is 0 Å². The van der Waals surface area contributed by atoms with Crippen molar-refractivity contribution in [1.82, 2.24) is 0 Å². The minimum absolute atomic E-state index is 0.120. The summed E-state index contributed by atoms with van der Waals surface area (Å²) in [6, 6.07) is 3.96. The van der Waals surface area contributed by atoms with Crippen LogP contribution in [-0.4, -0.2) is 19.6 Å². The molecule has 0 amide bonds. The smallest absolute Gasteiger partial charge is 0.261 e. The molecular formula is C13H21F2NOS. The van der Waals surface area contributed by atoms with Gasteiger partial charge in [-0.15, -0.1) is 11.3 Å². The summed E-state index contributed by atoms with van der Waals surface area (Å²) in [6.07, 6.45) is -1.84. The third-order valence-corrected chi connectivity index (χ3v) is 4.19. The highest BCUT2D eigenvalue weighted by atomic mass is 32.1. The molecule has 1 atom stereocenters. The molecule has 0 aliphatic heterocycles. The lowest BCUT2D eigenvalue weighted by Crippen LogP contribution is -2.14. The highest BCUT2D eigenvalue weighted by molar-refractivity contribution is 7.12. The Morgan fingerprint density at radius 3 is 2.50 bits per heavy atom. The van der Waals surface area contributed by atoms with Crippen molar-refractivity contribution in [1.29, 1.82) is 0 Å². The van der Waals surface area contributed by atoms with Gasteiger partial charge in [-0.3, -0.25) is 0 Å². The van der Waals surface area contributed by atoms with Gasteiger partial charge in [-0.2, -0.15) is 0 Å². The number of hydrogen-bond acceptors (Lipinski definition) is 3. The van der Waals surface area contributed by atoms with Crippen LogP contribution >= 0.6 is 11.3 Å². The second-order valence-electron chi connectivity index (χ2n) is 5.31. The molecule has 0 fully saturated rings. The molecule has 0 aliphatic rings. The van der Waals surface area contributed by atoms with Crippen LogP contribution in [0.2, 0.25) is 0 Å². The van der Waals surface area contributed by atoms with Gasteiger partial charge < -0.3 is 10.5 Å². The highest BCUT2D eigenvalue weighted by Crippen LogP contribution is 2.32. The number of halogens is 2. The van der Waals surface area contributed by atoms with E-state index in [9.17, 15) is 8.78 Å². The lowest BCUT2D eigenvalue weighted by Gasteiger charge is -2.16. The number of ether oxygens (including phenoxy) is 1. The second-order valence-corrected chi connectivity index (χ2v) is 6.43. The number of thiophene rings is 1. The van der Waals surface area contributed by atoms with Gasteiger partial charge in [-0.05, 0) is 24.0 Å². The van der Waals surface area contributed by atoms with E-state index in [0.29, 0.717) is 6.42 Å². The zero-order chi connectivity index (χ0) is 13.8. The molecule has 0 aliphatic carbocycles. The molecule has 5 heteroatoms. The highest BCUT2D eigenvalue weighted by Gasteiger charge is 2.18. The van der Waals surface area contributed by atoms with Crippen molar-refractivity contribution in [3.05, 3.63) is 21.9 Å². The molecule has 0 radical (unpaired) electrons. The first-order valence-corrected chi connectivity index (χ1v) is 6.84. The largest absolute Gasteiger partial charge is 0.375 e. The van der Waals surface area contributed by atoms with Crippen molar-refractivity contribution in [2.45, 2.75) is 45.1 Å². The molecular weight excluding hydrogens is 256 g/mol. The van der Waals surface area contributed by atoms with E-state index in [0.717, 1.165) is 4.88 Å². The maximum absolute atomic E-state index is 11.9. The Kier molecular flexibility index (Phi) is 5.69. The summed E-state index contributed by atoms with van der Waals surface area (Å²) in [5.41, 5.74) is 6.13. The Labute approximate surface area is 111 Å². The van der Waals surface area contributed by atoms with Crippen LogP contribution in [0.25, 0.3) is 0 Å². The number of hydrogen-bond donors (Lipinski definition) is 1. The van der Waals surface area contributed by atoms with Gasteiger partial charge in [0.2, 0.25) is 0 Å². The Morgan fingerprint density at radius 1 is 1.33 bits per heavy atom. The molecule has 0 spiro atoms. The molecule has 1 heterocycles. The summed E-state index contributed by atoms with van der Waals surface area (Å²) in [5.74, 6) is 0. The van der Waals surface area contributed by atoms with Crippen molar-refractivity contribution in [2.75, 3.05) is 13.2 Å². The normalized spacial score (nSPS) is 14.2. The van der Waals surface area contributed by atoms with E-state index in [2.05, 4.69) is 26.8 Å². The molecule has 104 valence electrons. The lowest BCUT2D eigenvalue weighted by molar-refractivity contribution is 0.0153. The van der Waals surface area contributed by atoms with Gasteiger partial charge in [0.25, 0.3) is 6.43 Å². The average Bonchev–Trinajstić information content (AvgIpc) is 2.72. The van der Waals surface area contributed by atoms with Crippen LogP contribution in [0.1, 0.15) is 43.0 Å². The third-order valence-electron chi connectivity index (χ3n) is 2.55. The molecule has 2 nitrogen and oxygen atoms in total. The summed E-state index contributed by atoms with van der Waals surface area (Å²) in [6.45, 7) is 6.22. The van der Waals surface area contributed by atoms with Gasteiger partial charge in [-0.1, -0.05) is 20.8 Å². The van der Waals surface area contributed by atoms with Gasteiger partial charge in [0.15, 0.2) is 0 Å². The second kappa shape index (κ2) is 6.59. The molecule has 1 aromatic rings. The van der Waals surface area contributed by atoms with E-state index in [1.54, 1.807) is 11.3 Å². The first-order chi connectivity index (χ1) is 8.30. The average molecular weight is 277 g/mol. The summed E-state index contributed by atoms with van der Waals surface area (Å²) in [5, 5.41) is 0. The standard InChI is InChI=1S/C13H21F2NOS/c1-13(2,3)11-5-4-10(18-11)9(16)6-7-17-8-12(14)15/h4-5,9,12H,6-8,16H2,1-3H3. The van der Waals surface area contributed by atoms with Gasteiger partial charge in [0, 0.05) is 22.4 Å². The number of rotatable bonds is 6. The molecule has 2 N–H and O–H groups in total. The quantitative estimate of drug-likeness (QED) is 0.804. The molecule has 0 bridgehead atoms. The summed E-state index contributed by atoms with van der Waals surface area (Å²) in [4.78, 5) is 2.36. The maximum Gasteiger partial charge on any atom is 0.261 e. The van der Waals surface area contributed by atoms with E-state index in [1.807, 2.05) is 6.07 Å². The Balaban J connectivity index is 2.42. The fraction of sp³-hybridized carbons (Fsp3) is 0.692. The van der Waals surface area contributed by atoms with Crippen molar-refractivity contribution >= 4 is 11.3 Å². The first-order valence-electron chi connectivity index (χ1n) is 6.02. The number of alkyl halides is 2. The van der Waals surface area contributed by atoms with Crippen LogP contribution < -0.4 is 5.73 Å². The monoisotopic (exact) mass is 277 g/mol. The maximum atomic E-state index is 11.9. The zero-order valence-corrected chi connectivity index (χ0v) is 11.9. The fourth-order valence-electron chi connectivity index (χ4n) is 1.48. The molecule has 1 aromatic heterocycles. The van der Waals surface area contributed by atoms with Crippen LogP contribution in [-0.2, 0) is 10.2 Å². The topological polar surface area (TPSA) is 35.2 Å². The molecule has 0 aromatic carbocycles. The van der Waals surface area contributed by atoms with E-state index in [-0.39, 0.29) is 18.1 Å².